The van der Waals surface area contributed by atoms with Gasteiger partial charge in [-0.3, -0.25) is 0 Å². The molecule has 6 heteroatoms. The second kappa shape index (κ2) is 7.25. The van der Waals surface area contributed by atoms with Crippen LogP contribution in [0.1, 0.15) is 30.3 Å². The average molecular weight is 311 g/mol. The third-order valence-corrected chi connectivity index (χ3v) is 4.24. The maximum absolute atomic E-state index is 9.03. The summed E-state index contributed by atoms with van der Waals surface area (Å²) in [6, 6.07) is 7.71. The molecule has 0 aliphatic carbocycles. The molecular weight excluding hydrogens is 290 g/mol. The lowest BCUT2D eigenvalue weighted by Gasteiger charge is -2.33. The van der Waals surface area contributed by atoms with Crippen LogP contribution in [0.25, 0.3) is 0 Å². The van der Waals surface area contributed by atoms with Crippen LogP contribution in [0, 0.1) is 11.3 Å². The number of hydrogen-bond donors (Lipinski definition) is 0. The van der Waals surface area contributed by atoms with Crippen LogP contribution in [0.3, 0.4) is 0 Å². The molecule has 23 heavy (non-hydrogen) atoms. The summed E-state index contributed by atoms with van der Waals surface area (Å²) in [6.07, 6.45) is 6.10. The number of rotatable bonds is 5. The van der Waals surface area contributed by atoms with E-state index in [1.807, 2.05) is 24.5 Å². The molecule has 1 atom stereocenters. The predicted molar refractivity (Wildman–Crippen MR) is 87.2 cm³/mol. The third kappa shape index (κ3) is 3.51. The van der Waals surface area contributed by atoms with Crippen molar-refractivity contribution >= 4 is 5.82 Å². The fourth-order valence-corrected chi connectivity index (χ4v) is 3.12. The molecule has 2 aromatic heterocycles. The van der Waals surface area contributed by atoms with Crippen LogP contribution in [0.5, 0.6) is 0 Å². The first-order valence-corrected chi connectivity index (χ1v) is 7.94. The van der Waals surface area contributed by atoms with E-state index in [1.165, 1.54) is 0 Å². The van der Waals surface area contributed by atoms with Gasteiger partial charge in [-0.1, -0.05) is 6.07 Å². The largest absolute Gasteiger partial charge is 0.383 e. The van der Waals surface area contributed by atoms with Crippen molar-refractivity contribution in [3.8, 4) is 6.07 Å². The van der Waals surface area contributed by atoms with Gasteiger partial charge < -0.3 is 14.2 Å². The van der Waals surface area contributed by atoms with Crippen molar-refractivity contribution in [3.05, 3.63) is 42.1 Å². The highest BCUT2D eigenvalue weighted by Gasteiger charge is 2.25. The lowest BCUT2D eigenvalue weighted by atomic mass is 9.97. The lowest BCUT2D eigenvalue weighted by molar-refractivity contribution is 0.185. The van der Waals surface area contributed by atoms with E-state index in [0.717, 1.165) is 44.1 Å². The number of nitriles is 1. The molecule has 0 N–H and O–H groups in total. The fraction of sp³-hybridized carbons (Fsp3) is 0.471. The van der Waals surface area contributed by atoms with E-state index in [-0.39, 0.29) is 0 Å². The van der Waals surface area contributed by atoms with Crippen molar-refractivity contribution in [1.82, 2.24) is 14.5 Å². The van der Waals surface area contributed by atoms with Gasteiger partial charge in [-0.2, -0.15) is 5.26 Å². The van der Waals surface area contributed by atoms with Crippen LogP contribution in [-0.4, -0.2) is 41.3 Å². The zero-order chi connectivity index (χ0) is 16.1. The van der Waals surface area contributed by atoms with Crippen LogP contribution in [-0.2, 0) is 11.3 Å². The van der Waals surface area contributed by atoms with Crippen molar-refractivity contribution < 1.29 is 4.74 Å². The molecule has 2 aromatic rings. The van der Waals surface area contributed by atoms with E-state index >= 15 is 0 Å². The molecule has 0 amide bonds. The Morgan fingerprint density at radius 2 is 2.35 bits per heavy atom. The minimum Gasteiger partial charge on any atom is -0.383 e. The molecular formula is C17H21N5O. The number of piperidine rings is 1. The van der Waals surface area contributed by atoms with Crippen molar-refractivity contribution in [3.63, 3.8) is 0 Å². The van der Waals surface area contributed by atoms with Crippen LogP contribution in [0.2, 0.25) is 0 Å². The summed E-state index contributed by atoms with van der Waals surface area (Å²) in [5.74, 6) is 2.37. The number of ether oxygens (including phenoxy) is 1. The van der Waals surface area contributed by atoms with Crippen LogP contribution in [0.15, 0.2) is 30.6 Å². The third-order valence-electron chi connectivity index (χ3n) is 4.24. The SMILES string of the molecule is COCCn1ccnc1[C@H]1CCCN(c2cccc(C#N)n2)C1. The van der Waals surface area contributed by atoms with Gasteiger partial charge in [0.1, 0.15) is 23.4 Å². The number of aromatic nitrogens is 3. The molecule has 1 aliphatic heterocycles. The number of pyridine rings is 1. The van der Waals surface area contributed by atoms with E-state index in [1.54, 1.807) is 13.2 Å². The van der Waals surface area contributed by atoms with E-state index in [0.29, 0.717) is 18.2 Å². The minimum atomic E-state index is 0.378. The van der Waals surface area contributed by atoms with Gasteiger partial charge in [0, 0.05) is 45.1 Å². The molecule has 120 valence electrons. The maximum atomic E-state index is 9.03. The fourth-order valence-electron chi connectivity index (χ4n) is 3.12. The molecule has 0 radical (unpaired) electrons. The van der Waals surface area contributed by atoms with Crippen LogP contribution >= 0.6 is 0 Å². The highest BCUT2D eigenvalue weighted by molar-refractivity contribution is 5.42. The van der Waals surface area contributed by atoms with E-state index in [2.05, 4.69) is 25.5 Å². The first-order valence-electron chi connectivity index (χ1n) is 7.94. The Morgan fingerprint density at radius 3 is 3.17 bits per heavy atom. The number of hydrogen-bond acceptors (Lipinski definition) is 5. The normalized spacial score (nSPS) is 17.9. The number of nitrogens with zero attached hydrogens (tertiary/aromatic N) is 5. The zero-order valence-corrected chi connectivity index (χ0v) is 13.4. The molecule has 3 rings (SSSR count). The highest BCUT2D eigenvalue weighted by Crippen LogP contribution is 2.28. The van der Waals surface area contributed by atoms with E-state index < -0.39 is 0 Å². The Morgan fingerprint density at radius 1 is 1.43 bits per heavy atom. The second-order valence-electron chi connectivity index (χ2n) is 5.75. The summed E-state index contributed by atoms with van der Waals surface area (Å²) in [5, 5.41) is 9.03. The Hall–Kier alpha value is -2.39. The molecule has 3 heterocycles. The summed E-state index contributed by atoms with van der Waals surface area (Å²) in [4.78, 5) is 11.2. The topological polar surface area (TPSA) is 67.0 Å². The van der Waals surface area contributed by atoms with Gasteiger partial charge in [0.2, 0.25) is 0 Å². The lowest BCUT2D eigenvalue weighted by Crippen LogP contribution is -2.36. The van der Waals surface area contributed by atoms with Gasteiger partial charge >= 0.3 is 0 Å². The number of anilines is 1. The van der Waals surface area contributed by atoms with Crippen molar-refractivity contribution in [2.24, 2.45) is 0 Å². The van der Waals surface area contributed by atoms with Gasteiger partial charge in [-0.25, -0.2) is 9.97 Å². The molecule has 6 nitrogen and oxygen atoms in total. The Labute approximate surface area is 136 Å². The van der Waals surface area contributed by atoms with Crippen molar-refractivity contribution in [2.75, 3.05) is 31.7 Å². The summed E-state index contributed by atoms with van der Waals surface area (Å²) < 4.78 is 7.35. The first-order chi connectivity index (χ1) is 11.3. The van der Waals surface area contributed by atoms with E-state index in [9.17, 15) is 0 Å². The van der Waals surface area contributed by atoms with Gasteiger partial charge in [-0.15, -0.1) is 0 Å². The van der Waals surface area contributed by atoms with E-state index in [4.69, 9.17) is 10.00 Å². The number of imidazole rings is 1. The Kier molecular flexibility index (Phi) is 4.89. The summed E-state index contributed by atoms with van der Waals surface area (Å²) in [6.45, 7) is 3.36. The monoisotopic (exact) mass is 311 g/mol. The maximum Gasteiger partial charge on any atom is 0.142 e. The molecule has 0 saturated carbocycles. The Bertz CT molecular complexity index is 690. The second-order valence-corrected chi connectivity index (χ2v) is 5.75. The minimum absolute atomic E-state index is 0.378. The van der Waals surface area contributed by atoms with Gasteiger partial charge in [-0.05, 0) is 25.0 Å². The zero-order valence-electron chi connectivity index (χ0n) is 13.4. The quantitative estimate of drug-likeness (QED) is 0.846. The molecule has 1 fully saturated rings. The van der Waals surface area contributed by atoms with Gasteiger partial charge in [0.15, 0.2) is 0 Å². The number of methoxy groups -OCH3 is 1. The molecule has 0 aromatic carbocycles. The molecule has 1 saturated heterocycles. The highest BCUT2D eigenvalue weighted by atomic mass is 16.5. The smallest absolute Gasteiger partial charge is 0.142 e. The Balaban J connectivity index is 1.76. The van der Waals surface area contributed by atoms with Gasteiger partial charge in [0.05, 0.1) is 6.61 Å². The molecule has 0 spiro atoms. The predicted octanol–water partition coefficient (Wildman–Crippen LogP) is 2.18. The van der Waals surface area contributed by atoms with Crippen LogP contribution in [0.4, 0.5) is 5.82 Å². The first kappa shape index (κ1) is 15.5. The summed E-state index contributed by atoms with van der Waals surface area (Å²) >= 11 is 0. The average Bonchev–Trinajstić information content (AvgIpc) is 3.08. The van der Waals surface area contributed by atoms with Crippen LogP contribution < -0.4 is 4.90 Å². The summed E-state index contributed by atoms with van der Waals surface area (Å²) in [7, 11) is 1.72. The molecule has 1 aliphatic rings. The molecule has 0 bridgehead atoms. The van der Waals surface area contributed by atoms with Crippen molar-refractivity contribution in [2.45, 2.75) is 25.3 Å². The molecule has 0 unspecified atom stereocenters. The van der Waals surface area contributed by atoms with Gasteiger partial charge in [0.25, 0.3) is 0 Å². The summed E-state index contributed by atoms with van der Waals surface area (Å²) in [5.41, 5.74) is 0.464. The van der Waals surface area contributed by atoms with Crippen molar-refractivity contribution in [1.29, 1.82) is 5.26 Å². The standard InChI is InChI=1S/C17H21N5O/c1-23-11-10-21-9-7-19-17(21)14-4-3-8-22(13-14)16-6-2-5-15(12-18)20-16/h2,5-7,9,14H,3-4,8,10-11,13H2,1H3/t14-/m0/s1.